The Morgan fingerprint density at radius 2 is 1.63 bits per heavy atom. The summed E-state index contributed by atoms with van der Waals surface area (Å²) >= 11 is 0. The van der Waals surface area contributed by atoms with Crippen molar-refractivity contribution in [3.63, 3.8) is 0 Å². The van der Waals surface area contributed by atoms with Crippen molar-refractivity contribution in [3.8, 4) is 0 Å². The number of ether oxygens (including phenoxy) is 6. The lowest BCUT2D eigenvalue weighted by atomic mass is 10.0. The van der Waals surface area contributed by atoms with Crippen molar-refractivity contribution in [3.05, 3.63) is 0 Å². The summed E-state index contributed by atoms with van der Waals surface area (Å²) in [6, 6.07) is 0. The van der Waals surface area contributed by atoms with Gasteiger partial charge in [0.2, 0.25) is 0 Å². The first-order valence-corrected chi connectivity index (χ1v) is 6.45. The summed E-state index contributed by atoms with van der Waals surface area (Å²) in [7, 11) is 0. The molecule has 19 heavy (non-hydrogen) atoms. The van der Waals surface area contributed by atoms with E-state index in [0.717, 1.165) is 0 Å². The Balaban J connectivity index is 1.69. The maximum absolute atomic E-state index is 10.9. The Morgan fingerprint density at radius 1 is 0.947 bits per heavy atom. The zero-order valence-corrected chi connectivity index (χ0v) is 11.1. The maximum atomic E-state index is 10.9. The average molecular weight is 274 g/mol. The van der Waals surface area contributed by atoms with Crippen LogP contribution in [0.25, 0.3) is 0 Å². The second-order valence-electron chi connectivity index (χ2n) is 4.92. The molecule has 3 fully saturated rings. The average Bonchev–Trinajstić information content (AvgIpc) is 2.83. The summed E-state index contributed by atoms with van der Waals surface area (Å²) in [6.45, 7) is 5.11. The van der Waals surface area contributed by atoms with E-state index in [1.807, 2.05) is 6.92 Å². The number of hydrogen-bond acceptors (Lipinski definition) is 7. The monoisotopic (exact) mass is 274 g/mol. The van der Waals surface area contributed by atoms with Gasteiger partial charge >= 0.3 is 5.97 Å². The van der Waals surface area contributed by atoms with Crippen LogP contribution < -0.4 is 0 Å². The summed E-state index contributed by atoms with van der Waals surface area (Å²) in [6.07, 6.45) is -2.39. The van der Waals surface area contributed by atoms with E-state index in [9.17, 15) is 4.79 Å². The SMILES string of the molecule is CC(=O)OCC1OC(C)O[C@H]2C3OC(C)O[C@H]3O[C@H]12. The fourth-order valence-corrected chi connectivity index (χ4v) is 2.71. The third-order valence-electron chi connectivity index (χ3n) is 3.41. The molecule has 0 spiro atoms. The van der Waals surface area contributed by atoms with Crippen LogP contribution in [0.1, 0.15) is 20.8 Å². The third kappa shape index (κ3) is 2.48. The van der Waals surface area contributed by atoms with E-state index >= 15 is 0 Å². The molecule has 0 radical (unpaired) electrons. The van der Waals surface area contributed by atoms with Crippen LogP contribution in [0.4, 0.5) is 0 Å². The Morgan fingerprint density at radius 3 is 2.37 bits per heavy atom. The van der Waals surface area contributed by atoms with E-state index < -0.39 is 12.6 Å². The normalized spacial score (nSPS) is 48.7. The van der Waals surface area contributed by atoms with Crippen molar-refractivity contribution in [1.29, 1.82) is 0 Å². The third-order valence-corrected chi connectivity index (χ3v) is 3.41. The molecule has 0 aromatic rings. The Labute approximate surface area is 111 Å². The van der Waals surface area contributed by atoms with E-state index in [2.05, 4.69) is 0 Å². The minimum atomic E-state index is -0.446. The first-order chi connectivity index (χ1) is 9.04. The fraction of sp³-hybridized carbons (Fsp3) is 0.917. The highest BCUT2D eigenvalue weighted by Crippen LogP contribution is 2.39. The highest BCUT2D eigenvalue weighted by molar-refractivity contribution is 5.65. The van der Waals surface area contributed by atoms with Crippen LogP contribution in [0, 0.1) is 0 Å². The molecule has 3 saturated heterocycles. The van der Waals surface area contributed by atoms with Gasteiger partial charge in [-0.1, -0.05) is 0 Å². The van der Waals surface area contributed by atoms with Crippen LogP contribution in [0.2, 0.25) is 0 Å². The van der Waals surface area contributed by atoms with Gasteiger partial charge in [0.15, 0.2) is 18.9 Å². The highest BCUT2D eigenvalue weighted by Gasteiger charge is 2.57. The van der Waals surface area contributed by atoms with Gasteiger partial charge in [0.05, 0.1) is 0 Å². The number of rotatable bonds is 2. The Hall–Kier alpha value is -0.730. The van der Waals surface area contributed by atoms with Crippen LogP contribution >= 0.6 is 0 Å². The number of carbonyl (C=O) groups is 1. The van der Waals surface area contributed by atoms with E-state index in [-0.39, 0.29) is 43.3 Å². The van der Waals surface area contributed by atoms with Crippen LogP contribution in [-0.2, 0) is 33.2 Å². The molecule has 3 aliphatic heterocycles. The first kappa shape index (κ1) is 13.3. The molecular weight excluding hydrogens is 256 g/mol. The van der Waals surface area contributed by atoms with Crippen molar-refractivity contribution >= 4 is 5.97 Å². The number of carbonyl (C=O) groups excluding carboxylic acids is 1. The Kier molecular flexibility index (Phi) is 3.48. The first-order valence-electron chi connectivity index (χ1n) is 6.45. The zero-order chi connectivity index (χ0) is 13.6. The molecular formula is C12H18O7. The van der Waals surface area contributed by atoms with Crippen molar-refractivity contribution in [2.75, 3.05) is 6.61 Å². The standard InChI is InChI=1S/C12H18O7/c1-5(13)14-4-8-9-10(16-6(2)15-8)11-12(19-9)18-7(3)17-11/h6-12H,4H2,1-3H3/t6?,7?,8?,9-,10-,11?,12+/m1/s1. The quantitative estimate of drug-likeness (QED) is 0.664. The van der Waals surface area contributed by atoms with E-state index in [4.69, 9.17) is 28.4 Å². The second-order valence-corrected chi connectivity index (χ2v) is 4.92. The molecule has 7 nitrogen and oxygen atoms in total. The lowest BCUT2D eigenvalue weighted by Crippen LogP contribution is -2.52. The molecule has 0 aliphatic carbocycles. The van der Waals surface area contributed by atoms with Gasteiger partial charge in [-0.2, -0.15) is 0 Å². The van der Waals surface area contributed by atoms with E-state index in [1.54, 1.807) is 6.92 Å². The summed E-state index contributed by atoms with van der Waals surface area (Å²) in [5, 5.41) is 0. The van der Waals surface area contributed by atoms with Gasteiger partial charge in [-0.15, -0.1) is 0 Å². The highest BCUT2D eigenvalue weighted by atomic mass is 16.8. The summed E-state index contributed by atoms with van der Waals surface area (Å²) < 4.78 is 33.2. The number of esters is 1. The molecule has 0 aromatic carbocycles. The van der Waals surface area contributed by atoms with Gasteiger partial charge in [0, 0.05) is 6.92 Å². The Bertz CT molecular complexity index is 360. The topological polar surface area (TPSA) is 72.5 Å². The largest absolute Gasteiger partial charge is 0.463 e. The lowest BCUT2D eigenvalue weighted by Gasteiger charge is -2.37. The van der Waals surface area contributed by atoms with Gasteiger partial charge in [0.25, 0.3) is 0 Å². The van der Waals surface area contributed by atoms with E-state index in [1.165, 1.54) is 6.92 Å². The van der Waals surface area contributed by atoms with Crippen LogP contribution in [0.3, 0.4) is 0 Å². The molecule has 7 heteroatoms. The molecule has 3 aliphatic rings. The van der Waals surface area contributed by atoms with Crippen molar-refractivity contribution < 1.29 is 33.2 Å². The molecule has 3 heterocycles. The molecule has 4 unspecified atom stereocenters. The van der Waals surface area contributed by atoms with Crippen molar-refractivity contribution in [1.82, 2.24) is 0 Å². The molecule has 0 N–H and O–H groups in total. The summed E-state index contributed by atoms with van der Waals surface area (Å²) in [5.41, 5.74) is 0. The van der Waals surface area contributed by atoms with Crippen LogP contribution in [0.15, 0.2) is 0 Å². The predicted molar refractivity (Wildman–Crippen MR) is 59.9 cm³/mol. The van der Waals surface area contributed by atoms with Gasteiger partial charge in [0.1, 0.15) is 31.0 Å². The molecule has 3 rings (SSSR count). The molecule has 0 amide bonds. The number of fused-ring (bicyclic) bond motifs is 3. The molecule has 108 valence electrons. The van der Waals surface area contributed by atoms with Crippen molar-refractivity contribution in [2.24, 2.45) is 0 Å². The summed E-state index contributed by atoms with van der Waals surface area (Å²) in [4.78, 5) is 10.9. The summed E-state index contributed by atoms with van der Waals surface area (Å²) in [5.74, 6) is -0.349. The number of hydrogen-bond donors (Lipinski definition) is 0. The lowest BCUT2D eigenvalue weighted by molar-refractivity contribution is -0.295. The molecule has 7 atom stereocenters. The van der Waals surface area contributed by atoms with Gasteiger partial charge in [-0.05, 0) is 13.8 Å². The zero-order valence-electron chi connectivity index (χ0n) is 11.1. The maximum Gasteiger partial charge on any atom is 0.302 e. The molecule has 0 saturated carbocycles. The molecule has 0 aromatic heterocycles. The van der Waals surface area contributed by atoms with Gasteiger partial charge < -0.3 is 28.4 Å². The van der Waals surface area contributed by atoms with Crippen molar-refractivity contribution in [2.45, 2.75) is 64.1 Å². The fourth-order valence-electron chi connectivity index (χ4n) is 2.71. The molecule has 0 bridgehead atoms. The van der Waals surface area contributed by atoms with Crippen LogP contribution in [0.5, 0.6) is 0 Å². The minimum absolute atomic E-state index is 0.138. The second kappa shape index (κ2) is 4.99. The smallest absolute Gasteiger partial charge is 0.302 e. The van der Waals surface area contributed by atoms with Crippen LogP contribution in [-0.4, -0.2) is 55.9 Å². The van der Waals surface area contributed by atoms with Gasteiger partial charge in [-0.3, -0.25) is 4.79 Å². The minimum Gasteiger partial charge on any atom is -0.463 e. The van der Waals surface area contributed by atoms with E-state index in [0.29, 0.717) is 0 Å². The predicted octanol–water partition coefficient (Wildman–Crippen LogP) is 0.166. The van der Waals surface area contributed by atoms with Gasteiger partial charge in [-0.25, -0.2) is 0 Å².